The Kier molecular flexibility index (Phi) is 1.26. The van der Waals surface area contributed by atoms with E-state index < -0.39 is 0 Å². The molecule has 1 rings (SSSR count). The van der Waals surface area contributed by atoms with Crippen molar-refractivity contribution in [3.05, 3.63) is 0 Å². The Morgan fingerprint density at radius 1 is 2.00 bits per heavy atom. The van der Waals surface area contributed by atoms with Gasteiger partial charge in [-0.2, -0.15) is 0 Å². The second-order valence-corrected chi connectivity index (χ2v) is 1.54. The molecule has 0 saturated heterocycles. The summed E-state index contributed by atoms with van der Waals surface area (Å²) in [6.45, 7) is 0.899. The third-order valence-corrected chi connectivity index (χ3v) is 0.948. The lowest BCUT2D eigenvalue weighted by Crippen LogP contribution is -2.28. The van der Waals surface area contributed by atoms with E-state index in [1.54, 1.807) is 6.34 Å². The lowest BCUT2D eigenvalue weighted by molar-refractivity contribution is 0.264. The average molecular weight is 100 g/mol. The van der Waals surface area contributed by atoms with Crippen LogP contribution in [0.25, 0.3) is 0 Å². The molecule has 0 saturated carbocycles. The van der Waals surface area contributed by atoms with E-state index in [1.165, 1.54) is 0 Å². The van der Waals surface area contributed by atoms with E-state index >= 15 is 0 Å². The molecule has 7 heavy (non-hydrogen) atoms. The van der Waals surface area contributed by atoms with Crippen molar-refractivity contribution in [3.8, 4) is 0 Å². The number of aliphatic hydroxyl groups is 1. The van der Waals surface area contributed by atoms with Gasteiger partial charge in [-0.3, -0.25) is 4.99 Å². The summed E-state index contributed by atoms with van der Waals surface area (Å²) in [5.74, 6) is 0. The summed E-state index contributed by atoms with van der Waals surface area (Å²) in [6, 6.07) is 0.181. The van der Waals surface area contributed by atoms with Crippen LogP contribution in [-0.2, 0) is 0 Å². The average Bonchev–Trinajstić information content (AvgIpc) is 2.14. The molecule has 0 amide bonds. The van der Waals surface area contributed by atoms with Crippen LogP contribution in [0.3, 0.4) is 0 Å². The van der Waals surface area contributed by atoms with E-state index in [0.717, 1.165) is 6.54 Å². The van der Waals surface area contributed by atoms with Crippen LogP contribution in [0.5, 0.6) is 0 Å². The first kappa shape index (κ1) is 4.59. The van der Waals surface area contributed by atoms with Crippen molar-refractivity contribution in [2.24, 2.45) is 4.99 Å². The van der Waals surface area contributed by atoms with Gasteiger partial charge in [0.25, 0.3) is 0 Å². The van der Waals surface area contributed by atoms with E-state index in [2.05, 4.69) is 10.3 Å². The van der Waals surface area contributed by atoms with Gasteiger partial charge < -0.3 is 10.4 Å². The number of aliphatic imine (C=N–C) groups is 1. The van der Waals surface area contributed by atoms with Crippen molar-refractivity contribution in [2.75, 3.05) is 13.2 Å². The number of hydrogen-bond donors (Lipinski definition) is 2. The van der Waals surface area contributed by atoms with Crippen LogP contribution in [0.2, 0.25) is 0 Å². The van der Waals surface area contributed by atoms with Gasteiger partial charge in [0.2, 0.25) is 0 Å². The first-order valence-corrected chi connectivity index (χ1v) is 2.28. The van der Waals surface area contributed by atoms with Gasteiger partial charge in [-0.05, 0) is 0 Å². The molecule has 1 heterocycles. The fourth-order valence-electron chi connectivity index (χ4n) is 0.501. The fourth-order valence-corrected chi connectivity index (χ4v) is 0.501. The quantitative estimate of drug-likeness (QED) is 0.443. The highest BCUT2D eigenvalue weighted by Gasteiger charge is 2.05. The summed E-state index contributed by atoms with van der Waals surface area (Å²) < 4.78 is 0. The van der Waals surface area contributed by atoms with Gasteiger partial charge in [0.15, 0.2) is 0 Å². The summed E-state index contributed by atoms with van der Waals surface area (Å²) in [4.78, 5) is 3.84. The van der Waals surface area contributed by atoms with Crippen LogP contribution < -0.4 is 5.32 Å². The molecule has 3 heteroatoms. The molecule has 40 valence electrons. The second-order valence-electron chi connectivity index (χ2n) is 1.54. The normalized spacial score (nSPS) is 27.9. The number of aliphatic hydroxyl groups excluding tert-OH is 1. The number of rotatable bonds is 1. The minimum absolute atomic E-state index is 0.181. The molecule has 0 spiro atoms. The maximum Gasteiger partial charge on any atom is 0.0828 e. The lowest BCUT2D eigenvalue weighted by Gasteiger charge is -2.01. The molecule has 1 aliphatic rings. The highest BCUT2D eigenvalue weighted by Crippen LogP contribution is 1.86. The van der Waals surface area contributed by atoms with Gasteiger partial charge in [-0.15, -0.1) is 0 Å². The third-order valence-electron chi connectivity index (χ3n) is 0.948. The Bertz CT molecular complexity index is 73.8. The van der Waals surface area contributed by atoms with Crippen molar-refractivity contribution in [2.45, 2.75) is 6.04 Å². The SMILES string of the molecule is OC[C@@H]1CN=CN1. The van der Waals surface area contributed by atoms with Crippen LogP contribution in [0.4, 0.5) is 0 Å². The Balaban J connectivity index is 2.22. The van der Waals surface area contributed by atoms with E-state index in [9.17, 15) is 0 Å². The third kappa shape index (κ3) is 0.899. The topological polar surface area (TPSA) is 44.6 Å². The highest BCUT2D eigenvalue weighted by molar-refractivity contribution is 5.57. The van der Waals surface area contributed by atoms with Crippen LogP contribution in [0.15, 0.2) is 4.99 Å². The minimum Gasteiger partial charge on any atom is -0.394 e. The van der Waals surface area contributed by atoms with Crippen molar-refractivity contribution in [3.63, 3.8) is 0 Å². The summed E-state index contributed by atoms with van der Waals surface area (Å²) in [6.07, 6.45) is 1.63. The molecule has 0 radical (unpaired) electrons. The maximum absolute atomic E-state index is 8.42. The van der Waals surface area contributed by atoms with Gasteiger partial charge in [0.1, 0.15) is 0 Å². The van der Waals surface area contributed by atoms with E-state index in [-0.39, 0.29) is 12.6 Å². The van der Waals surface area contributed by atoms with Crippen LogP contribution >= 0.6 is 0 Å². The van der Waals surface area contributed by atoms with Gasteiger partial charge in [0, 0.05) is 0 Å². The molecular formula is C4H8N2O. The standard InChI is InChI=1S/C4H8N2O/c7-2-4-1-5-3-6-4/h3-4,7H,1-2H2,(H,5,6)/t4-/m0/s1. The Morgan fingerprint density at radius 2 is 2.86 bits per heavy atom. The maximum atomic E-state index is 8.42. The predicted octanol–water partition coefficient (Wildman–Crippen LogP) is -1.02. The molecule has 2 N–H and O–H groups in total. The van der Waals surface area contributed by atoms with Gasteiger partial charge in [-0.25, -0.2) is 0 Å². The number of nitrogens with zero attached hydrogens (tertiary/aromatic N) is 1. The Labute approximate surface area is 42.1 Å². The molecule has 0 aromatic rings. The zero-order valence-electron chi connectivity index (χ0n) is 3.96. The zero-order valence-corrected chi connectivity index (χ0v) is 3.96. The summed E-state index contributed by atoms with van der Waals surface area (Å²) in [5.41, 5.74) is 0. The van der Waals surface area contributed by atoms with E-state index in [4.69, 9.17) is 5.11 Å². The smallest absolute Gasteiger partial charge is 0.0828 e. The monoisotopic (exact) mass is 100 g/mol. The van der Waals surface area contributed by atoms with Crippen molar-refractivity contribution < 1.29 is 5.11 Å². The Morgan fingerprint density at radius 3 is 3.14 bits per heavy atom. The zero-order chi connectivity index (χ0) is 5.11. The van der Waals surface area contributed by atoms with Crippen molar-refractivity contribution >= 4 is 6.34 Å². The molecule has 1 aliphatic heterocycles. The van der Waals surface area contributed by atoms with Crippen molar-refractivity contribution in [1.29, 1.82) is 0 Å². The molecule has 1 atom stereocenters. The predicted molar refractivity (Wildman–Crippen MR) is 27.4 cm³/mol. The van der Waals surface area contributed by atoms with Crippen LogP contribution in [-0.4, -0.2) is 30.6 Å². The molecule has 0 aliphatic carbocycles. The summed E-state index contributed by atoms with van der Waals surface area (Å²) in [5, 5.41) is 11.3. The van der Waals surface area contributed by atoms with Crippen molar-refractivity contribution in [1.82, 2.24) is 5.32 Å². The summed E-state index contributed by atoms with van der Waals surface area (Å²) >= 11 is 0. The molecule has 0 aromatic heterocycles. The number of nitrogens with one attached hydrogen (secondary N) is 1. The molecule has 0 aromatic carbocycles. The fraction of sp³-hybridized carbons (Fsp3) is 0.750. The highest BCUT2D eigenvalue weighted by atomic mass is 16.3. The number of hydrogen-bond acceptors (Lipinski definition) is 3. The second kappa shape index (κ2) is 1.93. The largest absolute Gasteiger partial charge is 0.394 e. The van der Waals surface area contributed by atoms with Gasteiger partial charge in [0.05, 0.1) is 25.5 Å². The Hall–Kier alpha value is -0.570. The van der Waals surface area contributed by atoms with Crippen LogP contribution in [0, 0.1) is 0 Å². The van der Waals surface area contributed by atoms with E-state index in [1.807, 2.05) is 0 Å². The first-order chi connectivity index (χ1) is 3.43. The van der Waals surface area contributed by atoms with Crippen LogP contribution in [0.1, 0.15) is 0 Å². The first-order valence-electron chi connectivity index (χ1n) is 2.28. The molecule has 0 bridgehead atoms. The summed E-state index contributed by atoms with van der Waals surface area (Å²) in [7, 11) is 0. The molecule has 3 nitrogen and oxygen atoms in total. The molecule has 0 fully saturated rings. The molecular weight excluding hydrogens is 92.1 g/mol. The van der Waals surface area contributed by atoms with Gasteiger partial charge >= 0.3 is 0 Å². The lowest BCUT2D eigenvalue weighted by atomic mass is 10.3. The van der Waals surface area contributed by atoms with Gasteiger partial charge in [-0.1, -0.05) is 0 Å². The molecule has 0 unspecified atom stereocenters. The van der Waals surface area contributed by atoms with E-state index in [0.29, 0.717) is 0 Å². The minimum atomic E-state index is 0.181.